The summed E-state index contributed by atoms with van der Waals surface area (Å²) in [7, 11) is 0. The van der Waals surface area contributed by atoms with E-state index < -0.39 is 6.16 Å². The first-order valence-electron chi connectivity index (χ1n) is 2.68. The second-order valence-corrected chi connectivity index (χ2v) is 1.36. The minimum absolute atomic E-state index is 0.0775. The monoisotopic (exact) mass is 163 g/mol. The summed E-state index contributed by atoms with van der Waals surface area (Å²) < 4.78 is 0. The molecule has 0 fully saturated rings. The minimum atomic E-state index is -1.63. The Morgan fingerprint density at radius 3 is 2.64 bits per heavy atom. The van der Waals surface area contributed by atoms with Crippen LogP contribution in [0.15, 0.2) is 0 Å². The second kappa shape index (κ2) is 5.21. The first-order chi connectivity index (χ1) is 5.20. The van der Waals surface area contributed by atoms with Crippen LogP contribution in [0.4, 0.5) is 4.79 Å². The van der Waals surface area contributed by atoms with Crippen LogP contribution in [0.3, 0.4) is 0 Å². The summed E-state index contributed by atoms with van der Waals surface area (Å²) >= 11 is 0. The molecule has 7 heteroatoms. The lowest BCUT2D eigenvalue weighted by molar-refractivity contribution is -0.456. The van der Waals surface area contributed by atoms with Crippen molar-refractivity contribution in [2.75, 3.05) is 0 Å². The molecule has 0 heterocycles. The van der Waals surface area contributed by atoms with E-state index in [2.05, 4.69) is 19.6 Å². The number of nitrogens with zero attached hydrogens (tertiary/aromatic N) is 1. The number of carboxylic acid groups (broad SMARTS) is 1. The number of nitrogens with one attached hydrogen (secondary N) is 1. The zero-order valence-corrected chi connectivity index (χ0v) is 5.73. The van der Waals surface area contributed by atoms with Crippen LogP contribution in [0, 0.1) is 5.53 Å². The molecule has 0 aromatic rings. The van der Waals surface area contributed by atoms with Crippen LogP contribution in [0.25, 0.3) is 0 Å². The van der Waals surface area contributed by atoms with Crippen LogP contribution < -0.4 is 0 Å². The summed E-state index contributed by atoms with van der Waals surface area (Å²) in [4.78, 5) is 20.1. The van der Waals surface area contributed by atoms with Gasteiger partial charge in [-0.25, -0.2) is 14.6 Å². The molecular weight excluding hydrogens is 156 g/mol. The highest BCUT2D eigenvalue weighted by Gasteiger charge is 2.11. The third-order valence-electron chi connectivity index (χ3n) is 0.663. The Bertz CT molecular complexity index is 185. The number of hydrogen-bond donors (Lipinski definition) is 2. The van der Waals surface area contributed by atoms with Gasteiger partial charge in [0.2, 0.25) is 0 Å². The van der Waals surface area contributed by atoms with Gasteiger partial charge in [0.15, 0.2) is 0 Å². The van der Waals surface area contributed by atoms with Crippen molar-refractivity contribution in [1.29, 1.82) is 5.53 Å². The largest absolute Gasteiger partial charge is 0.540 e. The summed E-state index contributed by atoms with van der Waals surface area (Å²) in [6.07, 6.45) is -1.32. The van der Waals surface area contributed by atoms with Crippen molar-refractivity contribution in [2.45, 2.75) is 13.3 Å². The van der Waals surface area contributed by atoms with Crippen LogP contribution >= 0.6 is 0 Å². The van der Waals surface area contributed by atoms with Crippen LogP contribution in [0.2, 0.25) is 0 Å². The topological polar surface area (TPSA) is 103 Å². The fraction of sp³-hybridized carbons (Fsp3) is 0.500. The molecule has 0 amide bonds. The summed E-state index contributed by atoms with van der Waals surface area (Å²) in [6.45, 7) is 1.65. The zero-order valence-electron chi connectivity index (χ0n) is 5.73. The van der Waals surface area contributed by atoms with Gasteiger partial charge in [0.25, 0.3) is 0 Å². The quantitative estimate of drug-likeness (QED) is 0.158. The molecule has 2 N–H and O–H groups in total. The molecule has 0 unspecified atom stereocenters. The highest BCUT2D eigenvalue weighted by atomic mass is 17.5. The standard InChI is InChI=1S/C4H6N2O5/c1-2-3(6-5)9-11-10-4(7)8/h5H,2H2,1H3/p+1. The molecule has 0 bridgehead atoms. The van der Waals surface area contributed by atoms with Gasteiger partial charge < -0.3 is 5.11 Å². The molecule has 7 nitrogen and oxygen atoms in total. The lowest BCUT2D eigenvalue weighted by atomic mass is 10.5. The predicted molar refractivity (Wildman–Crippen MR) is 29.6 cm³/mol. The Balaban J connectivity index is 3.53. The molecule has 0 rings (SSSR count). The summed E-state index contributed by atoms with van der Waals surface area (Å²) in [6, 6.07) is 0. The lowest BCUT2D eigenvalue weighted by Gasteiger charge is -1.91. The molecule has 0 aliphatic rings. The number of hydrogen-bond acceptors (Lipinski definition) is 5. The molecule has 0 aromatic carbocycles. The Morgan fingerprint density at radius 2 is 2.27 bits per heavy atom. The smallest absolute Gasteiger partial charge is 0.448 e. The average Bonchev–Trinajstić information content (AvgIpc) is 1.98. The molecule has 0 aliphatic heterocycles. The van der Waals surface area contributed by atoms with E-state index in [9.17, 15) is 4.79 Å². The van der Waals surface area contributed by atoms with E-state index in [1.165, 1.54) is 0 Å². The first kappa shape index (κ1) is 9.41. The van der Waals surface area contributed by atoms with E-state index in [0.717, 1.165) is 0 Å². The van der Waals surface area contributed by atoms with Crippen molar-refractivity contribution in [3.05, 3.63) is 0 Å². The van der Waals surface area contributed by atoms with Crippen LogP contribution in [-0.4, -0.2) is 21.9 Å². The van der Waals surface area contributed by atoms with Gasteiger partial charge in [-0.05, 0) is 0 Å². The van der Waals surface area contributed by atoms with Crippen LogP contribution in [0.1, 0.15) is 13.3 Å². The van der Waals surface area contributed by atoms with E-state index >= 15 is 0 Å². The molecule has 62 valence electrons. The summed E-state index contributed by atoms with van der Waals surface area (Å²) in [5.41, 5.74) is 6.43. The van der Waals surface area contributed by atoms with E-state index in [4.69, 9.17) is 10.6 Å². The van der Waals surface area contributed by atoms with E-state index in [0.29, 0.717) is 6.42 Å². The van der Waals surface area contributed by atoms with E-state index in [1.807, 2.05) is 0 Å². The maximum Gasteiger partial charge on any atom is 0.540 e. The molecule has 0 aromatic heterocycles. The normalized spacial score (nSPS) is 8.09. The number of rotatable bonds is 3. The SMILES string of the molecule is CCC(=[N+]=N)OOOC(=O)O. The fourth-order valence-electron chi connectivity index (χ4n) is 0.242. The van der Waals surface area contributed by atoms with Gasteiger partial charge in [0.1, 0.15) is 0 Å². The fourth-order valence-corrected chi connectivity index (χ4v) is 0.242. The summed E-state index contributed by atoms with van der Waals surface area (Å²) in [5.74, 6) is -0.0775. The summed E-state index contributed by atoms with van der Waals surface area (Å²) in [5, 5.41) is 11.5. The number of carbonyl (C=O) groups is 1. The zero-order chi connectivity index (χ0) is 8.69. The highest BCUT2D eigenvalue weighted by molar-refractivity contribution is 5.68. The average molecular weight is 163 g/mol. The van der Waals surface area contributed by atoms with Gasteiger partial charge in [0, 0.05) is 0 Å². The van der Waals surface area contributed by atoms with Crippen LogP contribution in [0.5, 0.6) is 0 Å². The van der Waals surface area contributed by atoms with Crippen molar-refractivity contribution in [3.8, 4) is 0 Å². The van der Waals surface area contributed by atoms with E-state index in [1.54, 1.807) is 6.92 Å². The van der Waals surface area contributed by atoms with Crippen molar-refractivity contribution >= 4 is 12.1 Å². The van der Waals surface area contributed by atoms with Gasteiger partial charge in [-0.1, -0.05) is 6.92 Å². The highest BCUT2D eigenvalue weighted by Crippen LogP contribution is 1.87. The molecule has 0 saturated carbocycles. The lowest BCUT2D eigenvalue weighted by Crippen LogP contribution is -2.08. The molecule has 0 atom stereocenters. The van der Waals surface area contributed by atoms with Crippen molar-refractivity contribution < 1.29 is 29.5 Å². The Kier molecular flexibility index (Phi) is 4.46. The van der Waals surface area contributed by atoms with Gasteiger partial charge >= 0.3 is 12.1 Å². The van der Waals surface area contributed by atoms with Crippen molar-refractivity contribution in [1.82, 2.24) is 0 Å². The second-order valence-electron chi connectivity index (χ2n) is 1.36. The van der Waals surface area contributed by atoms with Crippen LogP contribution in [-0.2, 0) is 14.8 Å². The first-order valence-corrected chi connectivity index (χ1v) is 2.68. The van der Waals surface area contributed by atoms with Crippen molar-refractivity contribution in [2.24, 2.45) is 0 Å². The van der Waals surface area contributed by atoms with Gasteiger partial charge in [-0.2, -0.15) is 0 Å². The van der Waals surface area contributed by atoms with Gasteiger partial charge in [0.05, 0.1) is 21.8 Å². The third kappa shape index (κ3) is 4.89. The predicted octanol–water partition coefficient (Wildman–Crippen LogP) is 0.592. The molecule has 0 radical (unpaired) electrons. The maximum absolute atomic E-state index is 9.64. The molecule has 0 spiro atoms. The molecular formula is C4H7N2O5+. The van der Waals surface area contributed by atoms with Gasteiger partial charge in [-0.15, -0.1) is 0 Å². The Labute approximate surface area is 61.6 Å². The maximum atomic E-state index is 9.64. The van der Waals surface area contributed by atoms with E-state index in [-0.39, 0.29) is 5.90 Å². The third-order valence-corrected chi connectivity index (χ3v) is 0.663. The Morgan fingerprint density at radius 1 is 1.64 bits per heavy atom. The molecule has 0 saturated heterocycles. The molecule has 11 heavy (non-hydrogen) atoms. The Hall–Kier alpha value is -1.59. The molecule has 0 aliphatic carbocycles. The minimum Gasteiger partial charge on any atom is -0.448 e. The van der Waals surface area contributed by atoms with Crippen molar-refractivity contribution in [3.63, 3.8) is 0 Å². The van der Waals surface area contributed by atoms with Gasteiger partial charge in [-0.3, -0.25) is 0 Å².